The minimum atomic E-state index is -4.53. The third-order valence-corrected chi connectivity index (χ3v) is 5.72. The average Bonchev–Trinajstić information content (AvgIpc) is 2.89. The molecule has 0 saturated heterocycles. The maximum absolute atomic E-state index is 13.0. The third-order valence-electron chi connectivity index (χ3n) is 5.72. The molecule has 184 valence electrons. The van der Waals surface area contributed by atoms with Crippen LogP contribution in [0.4, 0.5) is 30.5 Å². The van der Waals surface area contributed by atoms with E-state index in [1.165, 1.54) is 12.1 Å². The molecule has 0 radical (unpaired) electrons. The van der Waals surface area contributed by atoms with E-state index >= 15 is 0 Å². The highest BCUT2D eigenvalue weighted by Gasteiger charge is 2.30. The summed E-state index contributed by atoms with van der Waals surface area (Å²) in [6, 6.07) is 21.0. The number of amides is 1. The highest BCUT2D eigenvalue weighted by atomic mass is 19.4. The number of hydrogen-bond acceptors (Lipinski definition) is 5. The number of carbonyl (C=O) groups is 1. The molecule has 0 spiro atoms. The molecule has 0 aliphatic carbocycles. The molecular weight excluding hydrogens is 479 g/mol. The maximum Gasteiger partial charge on any atom is 0.416 e. The van der Waals surface area contributed by atoms with E-state index in [1.807, 2.05) is 49.4 Å². The summed E-state index contributed by atoms with van der Waals surface area (Å²) in [7, 11) is 0. The number of aromatic nitrogens is 3. The van der Waals surface area contributed by atoms with Gasteiger partial charge in [0.2, 0.25) is 5.95 Å². The molecule has 2 N–H and O–H groups in total. The van der Waals surface area contributed by atoms with E-state index < -0.39 is 17.6 Å². The zero-order chi connectivity index (χ0) is 26.0. The number of rotatable bonds is 5. The lowest BCUT2D eigenvalue weighted by Gasteiger charge is -2.12. The van der Waals surface area contributed by atoms with E-state index in [0.29, 0.717) is 22.8 Å². The Morgan fingerprint density at radius 3 is 2.43 bits per heavy atom. The first-order chi connectivity index (χ1) is 17.8. The molecule has 6 nitrogen and oxygen atoms in total. The SMILES string of the molecule is Cc1ccc(NC(=O)c2cccc(C(F)(F)F)c2)cc1-c1cc2cnc(Nc3ccccc3)nc2cn1. The van der Waals surface area contributed by atoms with Crippen LogP contribution in [0.1, 0.15) is 21.5 Å². The number of hydrogen-bond donors (Lipinski definition) is 2. The van der Waals surface area contributed by atoms with Crippen LogP contribution in [0.5, 0.6) is 0 Å². The van der Waals surface area contributed by atoms with E-state index in [9.17, 15) is 18.0 Å². The summed E-state index contributed by atoms with van der Waals surface area (Å²) in [5.74, 6) is -0.192. The highest BCUT2D eigenvalue weighted by molar-refractivity contribution is 6.04. The molecule has 5 rings (SSSR count). The molecule has 0 aliphatic rings. The number of pyridine rings is 1. The molecule has 0 unspecified atom stereocenters. The largest absolute Gasteiger partial charge is 0.416 e. The third kappa shape index (κ3) is 5.40. The van der Waals surface area contributed by atoms with Gasteiger partial charge in [0, 0.05) is 34.1 Å². The molecule has 1 amide bonds. The van der Waals surface area contributed by atoms with Crippen LogP contribution in [0.2, 0.25) is 0 Å². The smallest absolute Gasteiger partial charge is 0.324 e. The van der Waals surface area contributed by atoms with Gasteiger partial charge >= 0.3 is 6.18 Å². The first-order valence-corrected chi connectivity index (χ1v) is 11.3. The first-order valence-electron chi connectivity index (χ1n) is 11.3. The second kappa shape index (κ2) is 9.69. The number of nitrogens with zero attached hydrogens (tertiary/aromatic N) is 3. The van der Waals surface area contributed by atoms with Gasteiger partial charge in [-0.15, -0.1) is 0 Å². The quantitative estimate of drug-likeness (QED) is 0.272. The maximum atomic E-state index is 13.0. The lowest BCUT2D eigenvalue weighted by atomic mass is 10.0. The zero-order valence-corrected chi connectivity index (χ0v) is 19.5. The van der Waals surface area contributed by atoms with Gasteiger partial charge in [-0.3, -0.25) is 9.78 Å². The van der Waals surface area contributed by atoms with Gasteiger partial charge in [-0.2, -0.15) is 13.2 Å². The molecule has 0 aliphatic heterocycles. The molecule has 3 aromatic carbocycles. The number of benzene rings is 3. The van der Waals surface area contributed by atoms with Crippen molar-refractivity contribution in [3.8, 4) is 11.3 Å². The van der Waals surface area contributed by atoms with Crippen LogP contribution >= 0.6 is 0 Å². The fourth-order valence-corrected chi connectivity index (χ4v) is 3.81. The topological polar surface area (TPSA) is 79.8 Å². The number of para-hydroxylation sites is 1. The van der Waals surface area contributed by atoms with Gasteiger partial charge in [-0.25, -0.2) is 9.97 Å². The average molecular weight is 499 g/mol. The second-order valence-electron chi connectivity index (χ2n) is 8.38. The van der Waals surface area contributed by atoms with E-state index in [0.717, 1.165) is 34.3 Å². The second-order valence-corrected chi connectivity index (χ2v) is 8.38. The molecule has 2 aromatic heterocycles. The van der Waals surface area contributed by atoms with Gasteiger partial charge in [0.15, 0.2) is 0 Å². The van der Waals surface area contributed by atoms with Crippen molar-refractivity contribution in [2.45, 2.75) is 13.1 Å². The minimum absolute atomic E-state index is 0.0853. The van der Waals surface area contributed by atoms with Crippen LogP contribution in [0, 0.1) is 6.92 Å². The summed E-state index contributed by atoms with van der Waals surface area (Å²) >= 11 is 0. The molecule has 0 bridgehead atoms. The zero-order valence-electron chi connectivity index (χ0n) is 19.5. The fourth-order valence-electron chi connectivity index (χ4n) is 3.81. The number of fused-ring (bicyclic) bond motifs is 1. The van der Waals surface area contributed by atoms with Crippen molar-refractivity contribution in [3.05, 3.63) is 108 Å². The van der Waals surface area contributed by atoms with Crippen molar-refractivity contribution < 1.29 is 18.0 Å². The van der Waals surface area contributed by atoms with Crippen molar-refractivity contribution in [2.75, 3.05) is 10.6 Å². The molecule has 0 fully saturated rings. The number of alkyl halides is 3. The summed E-state index contributed by atoms with van der Waals surface area (Å²) in [6.45, 7) is 1.91. The van der Waals surface area contributed by atoms with Crippen molar-refractivity contribution in [1.82, 2.24) is 15.0 Å². The minimum Gasteiger partial charge on any atom is -0.324 e. The van der Waals surface area contributed by atoms with Crippen LogP contribution in [0.3, 0.4) is 0 Å². The number of nitrogens with one attached hydrogen (secondary N) is 2. The van der Waals surface area contributed by atoms with Crippen molar-refractivity contribution in [3.63, 3.8) is 0 Å². The first kappa shape index (κ1) is 23.9. The van der Waals surface area contributed by atoms with Gasteiger partial charge in [0.25, 0.3) is 5.91 Å². The van der Waals surface area contributed by atoms with Gasteiger partial charge < -0.3 is 10.6 Å². The molecule has 2 heterocycles. The summed E-state index contributed by atoms with van der Waals surface area (Å²) in [5.41, 5.74) is 3.31. The summed E-state index contributed by atoms with van der Waals surface area (Å²) in [6.07, 6.45) is -1.18. The molecule has 0 saturated carbocycles. The van der Waals surface area contributed by atoms with Gasteiger partial charge in [0.05, 0.1) is 23.0 Å². The Hall–Kier alpha value is -4.79. The number of halogens is 3. The summed E-state index contributed by atoms with van der Waals surface area (Å²) < 4.78 is 39.1. The molecule has 0 atom stereocenters. The Bertz CT molecular complexity index is 1600. The Morgan fingerprint density at radius 1 is 0.838 bits per heavy atom. The van der Waals surface area contributed by atoms with Crippen molar-refractivity contribution >= 4 is 34.1 Å². The Morgan fingerprint density at radius 2 is 1.65 bits per heavy atom. The molecular formula is C28H20F3N5O. The monoisotopic (exact) mass is 499 g/mol. The summed E-state index contributed by atoms with van der Waals surface area (Å²) in [4.78, 5) is 26.1. The number of anilines is 3. The van der Waals surface area contributed by atoms with Gasteiger partial charge in [0.1, 0.15) is 0 Å². The number of carbonyl (C=O) groups excluding carboxylic acids is 1. The normalized spacial score (nSPS) is 11.4. The van der Waals surface area contributed by atoms with Crippen LogP contribution in [0.25, 0.3) is 22.2 Å². The van der Waals surface area contributed by atoms with E-state index in [2.05, 4.69) is 25.6 Å². The van der Waals surface area contributed by atoms with Crippen molar-refractivity contribution in [1.29, 1.82) is 0 Å². The lowest BCUT2D eigenvalue weighted by Crippen LogP contribution is -2.14. The highest BCUT2D eigenvalue weighted by Crippen LogP contribution is 2.30. The van der Waals surface area contributed by atoms with E-state index in [4.69, 9.17) is 0 Å². The summed E-state index contributed by atoms with van der Waals surface area (Å²) in [5, 5.41) is 6.60. The van der Waals surface area contributed by atoms with Crippen molar-refractivity contribution in [2.24, 2.45) is 0 Å². The van der Waals surface area contributed by atoms with Crippen LogP contribution in [-0.2, 0) is 6.18 Å². The lowest BCUT2D eigenvalue weighted by molar-refractivity contribution is -0.137. The Balaban J connectivity index is 1.39. The Kier molecular flexibility index (Phi) is 6.27. The van der Waals surface area contributed by atoms with Crippen LogP contribution < -0.4 is 10.6 Å². The predicted molar refractivity (Wildman–Crippen MR) is 137 cm³/mol. The van der Waals surface area contributed by atoms with E-state index in [1.54, 1.807) is 24.5 Å². The van der Waals surface area contributed by atoms with Crippen LogP contribution in [0.15, 0.2) is 91.3 Å². The molecule has 9 heteroatoms. The standard InChI is InChI=1S/C28H20F3N5O/c1-17-10-11-22(34-26(37)18-6-5-7-20(12-18)28(29,30)31)14-23(17)24-13-19-15-33-27(36-25(19)16-32-24)35-21-8-3-2-4-9-21/h2-16H,1H3,(H,34,37)(H,33,35,36). The fraction of sp³-hybridized carbons (Fsp3) is 0.0714. The predicted octanol–water partition coefficient (Wildman–Crippen LogP) is 7.01. The van der Waals surface area contributed by atoms with Gasteiger partial charge in [-0.1, -0.05) is 30.3 Å². The Labute approximate surface area is 210 Å². The number of aryl methyl sites for hydroxylation is 1. The van der Waals surface area contributed by atoms with Gasteiger partial charge in [-0.05, 0) is 61.0 Å². The molecule has 37 heavy (non-hydrogen) atoms. The van der Waals surface area contributed by atoms with Crippen LogP contribution in [-0.4, -0.2) is 20.9 Å². The van der Waals surface area contributed by atoms with E-state index in [-0.39, 0.29) is 5.56 Å². The molecule has 5 aromatic rings.